The van der Waals surface area contributed by atoms with E-state index >= 15 is 0 Å². The van der Waals surface area contributed by atoms with Gasteiger partial charge in [0.15, 0.2) is 6.10 Å². The van der Waals surface area contributed by atoms with Gasteiger partial charge in [0.05, 0.1) is 20.3 Å². The van der Waals surface area contributed by atoms with Crippen LogP contribution in [-0.2, 0) is 14.3 Å². The molecular formula is C15H19NO4. The molecule has 2 heterocycles. The predicted octanol–water partition coefficient (Wildman–Crippen LogP) is 1.04. The number of ether oxygens (including phenoxy) is 3. The summed E-state index contributed by atoms with van der Waals surface area (Å²) < 4.78 is 15.9. The Kier molecular flexibility index (Phi) is 3.89. The van der Waals surface area contributed by atoms with E-state index < -0.39 is 6.10 Å². The Morgan fingerprint density at radius 1 is 1.45 bits per heavy atom. The Bertz CT molecular complexity index is 491. The van der Waals surface area contributed by atoms with E-state index in [-0.39, 0.29) is 5.97 Å². The monoisotopic (exact) mass is 277 g/mol. The van der Waals surface area contributed by atoms with Crippen LogP contribution in [0.5, 0.6) is 5.75 Å². The minimum atomic E-state index is -0.466. The molecule has 0 saturated carbocycles. The lowest BCUT2D eigenvalue weighted by Crippen LogP contribution is -2.47. The molecule has 5 nitrogen and oxygen atoms in total. The fourth-order valence-corrected chi connectivity index (χ4v) is 2.83. The fraction of sp³-hybridized carbons (Fsp3) is 0.533. The molecule has 0 spiro atoms. The van der Waals surface area contributed by atoms with Crippen molar-refractivity contribution in [3.8, 4) is 5.75 Å². The topological polar surface area (TPSA) is 48.0 Å². The van der Waals surface area contributed by atoms with Gasteiger partial charge in [0.2, 0.25) is 0 Å². The van der Waals surface area contributed by atoms with Crippen molar-refractivity contribution in [2.45, 2.75) is 12.0 Å². The second kappa shape index (κ2) is 5.81. The summed E-state index contributed by atoms with van der Waals surface area (Å²) in [4.78, 5) is 13.8. The maximum absolute atomic E-state index is 11.5. The van der Waals surface area contributed by atoms with Gasteiger partial charge in [-0.1, -0.05) is 18.2 Å². The molecule has 0 N–H and O–H groups in total. The lowest BCUT2D eigenvalue weighted by atomic mass is 10.0. The molecule has 0 amide bonds. The molecule has 20 heavy (non-hydrogen) atoms. The molecule has 0 bridgehead atoms. The van der Waals surface area contributed by atoms with Gasteiger partial charge in [-0.2, -0.15) is 0 Å². The van der Waals surface area contributed by atoms with E-state index in [2.05, 4.69) is 11.0 Å². The van der Waals surface area contributed by atoms with Crippen molar-refractivity contribution < 1.29 is 19.0 Å². The highest BCUT2D eigenvalue weighted by Gasteiger charge is 2.31. The van der Waals surface area contributed by atoms with Crippen LogP contribution in [0.1, 0.15) is 11.5 Å². The number of hydrogen-bond acceptors (Lipinski definition) is 5. The van der Waals surface area contributed by atoms with Crippen molar-refractivity contribution in [3.63, 3.8) is 0 Å². The number of carbonyl (C=O) groups is 1. The second-order valence-electron chi connectivity index (χ2n) is 5.19. The van der Waals surface area contributed by atoms with Crippen molar-refractivity contribution in [2.24, 2.45) is 0 Å². The Morgan fingerprint density at radius 2 is 2.30 bits per heavy atom. The summed E-state index contributed by atoms with van der Waals surface area (Å²) in [5, 5.41) is 0. The van der Waals surface area contributed by atoms with E-state index in [0.717, 1.165) is 18.8 Å². The number of carbonyl (C=O) groups excluding carboxylic acids is 1. The summed E-state index contributed by atoms with van der Waals surface area (Å²) in [5.41, 5.74) is 1.26. The molecule has 108 valence electrons. The van der Waals surface area contributed by atoms with Gasteiger partial charge in [-0.3, -0.25) is 4.90 Å². The highest BCUT2D eigenvalue weighted by molar-refractivity contribution is 5.74. The molecule has 1 aromatic rings. The summed E-state index contributed by atoms with van der Waals surface area (Å²) in [6.07, 6.45) is -0.466. The quantitative estimate of drug-likeness (QED) is 0.773. The number of fused-ring (bicyclic) bond motifs is 1. The predicted molar refractivity (Wildman–Crippen MR) is 72.9 cm³/mol. The van der Waals surface area contributed by atoms with Gasteiger partial charge in [0.1, 0.15) is 5.75 Å². The van der Waals surface area contributed by atoms with Gasteiger partial charge in [-0.05, 0) is 6.07 Å². The number of hydrogen-bond donors (Lipinski definition) is 0. The molecule has 0 radical (unpaired) electrons. The molecular weight excluding hydrogens is 258 g/mol. The van der Waals surface area contributed by atoms with E-state index in [9.17, 15) is 4.79 Å². The molecule has 2 aliphatic heterocycles. The first-order valence-corrected chi connectivity index (χ1v) is 6.91. The van der Waals surface area contributed by atoms with Gasteiger partial charge < -0.3 is 14.2 Å². The summed E-state index contributed by atoms with van der Waals surface area (Å²) >= 11 is 0. The third-order valence-corrected chi connectivity index (χ3v) is 3.89. The van der Waals surface area contributed by atoms with Gasteiger partial charge in [0, 0.05) is 31.1 Å². The zero-order valence-electron chi connectivity index (χ0n) is 11.6. The molecule has 2 atom stereocenters. The largest absolute Gasteiger partial charge is 0.493 e. The number of methoxy groups -OCH3 is 1. The normalized spacial score (nSPS) is 25.9. The highest BCUT2D eigenvalue weighted by atomic mass is 16.6. The standard InChI is InChI=1S/C15H19NO4/c1-18-15(17)14-9-16(6-7-19-14)8-11-10-20-13-5-3-2-4-12(11)13/h2-5,11,14H,6-10H2,1H3. The maximum atomic E-state index is 11.5. The zero-order chi connectivity index (χ0) is 13.9. The molecule has 2 aliphatic rings. The van der Waals surface area contributed by atoms with Crippen molar-refractivity contribution in [2.75, 3.05) is 40.0 Å². The average molecular weight is 277 g/mol. The first-order chi connectivity index (χ1) is 9.78. The van der Waals surface area contributed by atoms with Crippen LogP contribution >= 0.6 is 0 Å². The molecule has 5 heteroatoms. The molecule has 1 fully saturated rings. The lowest BCUT2D eigenvalue weighted by molar-refractivity contribution is -0.159. The van der Waals surface area contributed by atoms with Crippen LogP contribution in [0.3, 0.4) is 0 Å². The van der Waals surface area contributed by atoms with Crippen LogP contribution < -0.4 is 4.74 Å². The van der Waals surface area contributed by atoms with Crippen LogP contribution in [0.25, 0.3) is 0 Å². The minimum Gasteiger partial charge on any atom is -0.493 e. The SMILES string of the molecule is COC(=O)C1CN(CC2COc3ccccc32)CCO1. The van der Waals surface area contributed by atoms with Crippen molar-refractivity contribution in [1.29, 1.82) is 0 Å². The van der Waals surface area contributed by atoms with Gasteiger partial charge in [-0.25, -0.2) is 4.79 Å². The highest BCUT2D eigenvalue weighted by Crippen LogP contribution is 2.34. The summed E-state index contributed by atoms with van der Waals surface area (Å²) in [6.45, 7) is 3.58. The summed E-state index contributed by atoms with van der Waals surface area (Å²) in [7, 11) is 1.39. The van der Waals surface area contributed by atoms with Gasteiger partial charge >= 0.3 is 5.97 Å². The van der Waals surface area contributed by atoms with E-state index in [0.29, 0.717) is 25.7 Å². The Balaban J connectivity index is 1.63. The molecule has 2 unspecified atom stereocenters. The number of benzene rings is 1. The zero-order valence-corrected chi connectivity index (χ0v) is 11.6. The average Bonchev–Trinajstić information content (AvgIpc) is 2.90. The van der Waals surface area contributed by atoms with E-state index in [1.54, 1.807) is 0 Å². The Hall–Kier alpha value is -1.59. The number of esters is 1. The number of rotatable bonds is 3. The smallest absolute Gasteiger partial charge is 0.336 e. The molecule has 0 aromatic heterocycles. The van der Waals surface area contributed by atoms with Gasteiger partial charge in [-0.15, -0.1) is 0 Å². The first-order valence-electron chi connectivity index (χ1n) is 6.91. The van der Waals surface area contributed by atoms with E-state index in [4.69, 9.17) is 14.2 Å². The van der Waals surface area contributed by atoms with Crippen LogP contribution in [0.2, 0.25) is 0 Å². The number of morpholine rings is 1. The van der Waals surface area contributed by atoms with Crippen LogP contribution in [-0.4, -0.2) is 56.9 Å². The van der Waals surface area contributed by atoms with Crippen molar-refractivity contribution >= 4 is 5.97 Å². The van der Waals surface area contributed by atoms with Crippen LogP contribution in [0, 0.1) is 0 Å². The molecule has 3 rings (SSSR count). The minimum absolute atomic E-state index is 0.294. The van der Waals surface area contributed by atoms with E-state index in [1.165, 1.54) is 12.7 Å². The number of para-hydroxylation sites is 1. The third kappa shape index (κ3) is 2.64. The molecule has 1 aromatic carbocycles. The van der Waals surface area contributed by atoms with Crippen LogP contribution in [0.15, 0.2) is 24.3 Å². The van der Waals surface area contributed by atoms with Gasteiger partial charge in [0.25, 0.3) is 0 Å². The van der Waals surface area contributed by atoms with Crippen LogP contribution in [0.4, 0.5) is 0 Å². The molecule has 0 aliphatic carbocycles. The van der Waals surface area contributed by atoms with Crippen molar-refractivity contribution in [3.05, 3.63) is 29.8 Å². The van der Waals surface area contributed by atoms with Crippen molar-refractivity contribution in [1.82, 2.24) is 4.90 Å². The Morgan fingerprint density at radius 3 is 3.15 bits per heavy atom. The van der Waals surface area contributed by atoms with E-state index in [1.807, 2.05) is 18.2 Å². The lowest BCUT2D eigenvalue weighted by Gasteiger charge is -2.32. The Labute approximate surface area is 118 Å². The third-order valence-electron chi connectivity index (χ3n) is 3.89. The summed E-state index contributed by atoms with van der Waals surface area (Å²) in [5.74, 6) is 1.05. The molecule has 1 saturated heterocycles. The summed E-state index contributed by atoms with van der Waals surface area (Å²) in [6, 6.07) is 8.15. The maximum Gasteiger partial charge on any atom is 0.336 e. The fourth-order valence-electron chi connectivity index (χ4n) is 2.83. The number of nitrogens with zero attached hydrogens (tertiary/aromatic N) is 1. The first kappa shape index (κ1) is 13.4. The second-order valence-corrected chi connectivity index (χ2v) is 5.19.